The molecule has 1 aliphatic carbocycles. The molecule has 0 bridgehead atoms. The number of ketones is 1. The zero-order chi connectivity index (χ0) is 22.6. The van der Waals surface area contributed by atoms with Crippen LogP contribution in [0.15, 0.2) is 66.4 Å². The predicted molar refractivity (Wildman–Crippen MR) is 123 cm³/mol. The summed E-state index contributed by atoms with van der Waals surface area (Å²) in [5, 5.41) is 0. The van der Waals surface area contributed by atoms with E-state index in [9.17, 15) is 4.79 Å². The van der Waals surface area contributed by atoms with Crippen LogP contribution in [0.5, 0.6) is 11.5 Å². The number of hydrogen-bond donors (Lipinski definition) is 0. The first-order valence-corrected chi connectivity index (χ1v) is 11.0. The molecule has 5 heteroatoms. The fourth-order valence-corrected chi connectivity index (χ4v) is 4.67. The number of carbonyl (C=O) groups is 1. The van der Waals surface area contributed by atoms with E-state index in [0.717, 1.165) is 17.5 Å². The summed E-state index contributed by atoms with van der Waals surface area (Å²) in [4.78, 5) is 12.8. The molecule has 1 heterocycles. The largest absolute Gasteiger partial charge is 0.493 e. The molecular formula is C27H30O5. The molecule has 168 valence electrons. The highest BCUT2D eigenvalue weighted by Crippen LogP contribution is 2.46. The molecule has 0 unspecified atom stereocenters. The van der Waals surface area contributed by atoms with Crippen molar-refractivity contribution in [2.75, 3.05) is 21.0 Å². The number of methoxy groups -OCH3 is 2. The normalized spacial score (nSPS) is 23.4. The summed E-state index contributed by atoms with van der Waals surface area (Å²) in [6, 6.07) is 16.1. The van der Waals surface area contributed by atoms with Crippen LogP contribution in [0.4, 0.5) is 0 Å². The summed E-state index contributed by atoms with van der Waals surface area (Å²) in [6.45, 7) is 2.34. The monoisotopic (exact) mass is 434 g/mol. The Kier molecular flexibility index (Phi) is 6.66. The molecule has 0 spiro atoms. The fraction of sp³-hybridized carbons (Fsp3) is 0.370. The second-order valence-electron chi connectivity index (χ2n) is 8.45. The topological polar surface area (TPSA) is 54.0 Å². The molecular weight excluding hydrogens is 404 g/mol. The highest BCUT2D eigenvalue weighted by atomic mass is 16.7. The van der Waals surface area contributed by atoms with Gasteiger partial charge in [-0.05, 0) is 48.4 Å². The third-order valence-corrected chi connectivity index (χ3v) is 6.49. The minimum atomic E-state index is -0.591. The Balaban J connectivity index is 1.51. The molecule has 2 aromatic carbocycles. The molecule has 0 N–H and O–H groups in total. The number of hydrogen-bond acceptors (Lipinski definition) is 5. The SMILES string of the molecule is COc1ccc(C[C@H](C)[C@]23C[C@H](C/C=C/c4ccccc4)C(=O)C=C2OCO3)cc1OC. The second kappa shape index (κ2) is 9.61. The molecule has 0 saturated carbocycles. The number of allylic oxidation sites excluding steroid dienone is 2. The van der Waals surface area contributed by atoms with Crippen LogP contribution in [0.2, 0.25) is 0 Å². The van der Waals surface area contributed by atoms with Crippen LogP contribution in [0.25, 0.3) is 6.08 Å². The third kappa shape index (κ3) is 4.44. The van der Waals surface area contributed by atoms with E-state index in [1.165, 1.54) is 0 Å². The zero-order valence-corrected chi connectivity index (χ0v) is 18.9. The lowest BCUT2D eigenvalue weighted by atomic mass is 9.71. The van der Waals surface area contributed by atoms with Crippen molar-refractivity contribution in [3.05, 3.63) is 77.6 Å². The highest BCUT2D eigenvalue weighted by molar-refractivity contribution is 5.94. The third-order valence-electron chi connectivity index (χ3n) is 6.49. The van der Waals surface area contributed by atoms with Crippen LogP contribution in [-0.2, 0) is 20.7 Å². The lowest BCUT2D eigenvalue weighted by Gasteiger charge is -2.38. The van der Waals surface area contributed by atoms with Gasteiger partial charge in [0.25, 0.3) is 0 Å². The standard InChI is InChI=1S/C27H30O5/c1-19(14-21-12-13-24(29-2)25(15-21)30-3)27-17-22(23(28)16-26(27)31-18-32-27)11-7-10-20-8-5-4-6-9-20/h4-10,12-13,15-16,19,22H,11,14,17-18H2,1-3H3/b10-7+/t19-,22-,27+/m0/s1. The molecule has 1 fully saturated rings. The van der Waals surface area contributed by atoms with Gasteiger partial charge in [0.2, 0.25) is 0 Å². The summed E-state index contributed by atoms with van der Waals surface area (Å²) < 4.78 is 22.8. The van der Waals surface area contributed by atoms with Crippen LogP contribution < -0.4 is 9.47 Å². The van der Waals surface area contributed by atoms with Crippen LogP contribution in [0, 0.1) is 11.8 Å². The van der Waals surface area contributed by atoms with Gasteiger partial charge in [-0.1, -0.05) is 55.5 Å². The maximum absolute atomic E-state index is 12.8. The van der Waals surface area contributed by atoms with Gasteiger partial charge in [0, 0.05) is 12.0 Å². The van der Waals surface area contributed by atoms with E-state index in [-0.39, 0.29) is 24.4 Å². The van der Waals surface area contributed by atoms with Crippen molar-refractivity contribution in [3.63, 3.8) is 0 Å². The smallest absolute Gasteiger partial charge is 0.189 e. The van der Waals surface area contributed by atoms with Gasteiger partial charge < -0.3 is 18.9 Å². The molecule has 32 heavy (non-hydrogen) atoms. The van der Waals surface area contributed by atoms with Crippen LogP contribution in [0.1, 0.15) is 30.9 Å². The molecule has 1 aliphatic heterocycles. The molecule has 0 radical (unpaired) electrons. The number of fused-ring (bicyclic) bond motifs is 1. The quantitative estimate of drug-likeness (QED) is 0.571. The van der Waals surface area contributed by atoms with Gasteiger partial charge in [0.15, 0.2) is 24.1 Å². The lowest BCUT2D eigenvalue weighted by Crippen LogP contribution is -2.44. The summed E-state index contributed by atoms with van der Waals surface area (Å²) in [5.74, 6) is 2.17. The summed E-state index contributed by atoms with van der Waals surface area (Å²) in [7, 11) is 3.27. The molecule has 2 aromatic rings. The first-order chi connectivity index (χ1) is 15.6. The number of benzene rings is 2. The molecule has 5 nitrogen and oxygen atoms in total. The van der Waals surface area contributed by atoms with Gasteiger partial charge in [-0.3, -0.25) is 4.79 Å². The van der Waals surface area contributed by atoms with Crippen LogP contribution >= 0.6 is 0 Å². The Labute approximate surface area is 189 Å². The van der Waals surface area contributed by atoms with E-state index in [1.807, 2.05) is 36.4 Å². The minimum absolute atomic E-state index is 0.108. The fourth-order valence-electron chi connectivity index (χ4n) is 4.67. The van der Waals surface area contributed by atoms with Crippen molar-refractivity contribution < 1.29 is 23.7 Å². The van der Waals surface area contributed by atoms with E-state index in [1.54, 1.807) is 20.3 Å². The van der Waals surface area contributed by atoms with Crippen molar-refractivity contribution in [1.82, 2.24) is 0 Å². The van der Waals surface area contributed by atoms with E-state index in [4.69, 9.17) is 18.9 Å². The Bertz CT molecular complexity index is 1010. The molecule has 2 aliphatic rings. The number of ether oxygens (including phenoxy) is 4. The number of rotatable bonds is 8. The lowest BCUT2D eigenvalue weighted by molar-refractivity contribution is -0.123. The van der Waals surface area contributed by atoms with Crippen molar-refractivity contribution in [1.29, 1.82) is 0 Å². The van der Waals surface area contributed by atoms with Crippen LogP contribution in [0.3, 0.4) is 0 Å². The molecule has 0 aromatic heterocycles. The summed E-state index contributed by atoms with van der Waals surface area (Å²) >= 11 is 0. The highest BCUT2D eigenvalue weighted by Gasteiger charge is 2.51. The predicted octanol–water partition coefficient (Wildman–Crippen LogP) is 5.20. The molecule has 3 atom stereocenters. The Morgan fingerprint density at radius 3 is 2.66 bits per heavy atom. The van der Waals surface area contributed by atoms with Gasteiger partial charge in [0.05, 0.1) is 14.2 Å². The van der Waals surface area contributed by atoms with E-state index >= 15 is 0 Å². The van der Waals surface area contributed by atoms with Crippen molar-refractivity contribution in [2.45, 2.75) is 31.8 Å². The van der Waals surface area contributed by atoms with Gasteiger partial charge in [-0.15, -0.1) is 0 Å². The Hall–Kier alpha value is -3.05. The minimum Gasteiger partial charge on any atom is -0.493 e. The van der Waals surface area contributed by atoms with Crippen molar-refractivity contribution >= 4 is 11.9 Å². The molecule has 4 rings (SSSR count). The first kappa shape index (κ1) is 22.2. The van der Waals surface area contributed by atoms with E-state index in [0.29, 0.717) is 30.1 Å². The maximum Gasteiger partial charge on any atom is 0.189 e. The van der Waals surface area contributed by atoms with Crippen LogP contribution in [-0.4, -0.2) is 32.4 Å². The summed E-state index contributed by atoms with van der Waals surface area (Å²) in [6.07, 6.45) is 7.86. The van der Waals surface area contributed by atoms with Gasteiger partial charge in [0.1, 0.15) is 11.4 Å². The maximum atomic E-state index is 12.8. The van der Waals surface area contributed by atoms with Gasteiger partial charge >= 0.3 is 0 Å². The Morgan fingerprint density at radius 2 is 1.91 bits per heavy atom. The zero-order valence-electron chi connectivity index (χ0n) is 18.9. The van der Waals surface area contributed by atoms with E-state index < -0.39 is 5.60 Å². The molecule has 0 amide bonds. The Morgan fingerprint density at radius 1 is 1.12 bits per heavy atom. The number of carbonyl (C=O) groups excluding carboxylic acids is 1. The van der Waals surface area contributed by atoms with Gasteiger partial charge in [-0.2, -0.15) is 0 Å². The summed E-state index contributed by atoms with van der Waals surface area (Å²) in [5.41, 5.74) is 1.66. The average molecular weight is 435 g/mol. The van der Waals surface area contributed by atoms with Gasteiger partial charge in [-0.25, -0.2) is 0 Å². The van der Waals surface area contributed by atoms with Crippen molar-refractivity contribution in [2.24, 2.45) is 11.8 Å². The van der Waals surface area contributed by atoms with Crippen molar-refractivity contribution in [3.8, 4) is 11.5 Å². The first-order valence-electron chi connectivity index (χ1n) is 11.0. The average Bonchev–Trinajstić information content (AvgIpc) is 3.23. The van der Waals surface area contributed by atoms with E-state index in [2.05, 4.69) is 31.2 Å². The molecule has 1 saturated heterocycles. The second-order valence-corrected chi connectivity index (χ2v) is 8.45.